The predicted molar refractivity (Wildman–Crippen MR) is 88.1 cm³/mol. The number of hydrogen-bond acceptors (Lipinski definition) is 2. The highest BCUT2D eigenvalue weighted by Crippen LogP contribution is 2.24. The lowest BCUT2D eigenvalue weighted by Crippen LogP contribution is -2.17. The van der Waals surface area contributed by atoms with Crippen LogP contribution in [0.4, 0.5) is 11.4 Å². The Labute approximate surface area is 122 Å². The Morgan fingerprint density at radius 1 is 1.05 bits per heavy atom. The molecule has 2 N–H and O–H groups in total. The molecular formula is C18H24N2. The lowest BCUT2D eigenvalue weighted by atomic mass is 9.97. The molecule has 0 aliphatic carbocycles. The van der Waals surface area contributed by atoms with Gasteiger partial charge in [0.2, 0.25) is 0 Å². The second-order valence-electron chi connectivity index (χ2n) is 5.47. The third-order valence-electron chi connectivity index (χ3n) is 3.93. The van der Waals surface area contributed by atoms with E-state index in [-0.39, 0.29) is 0 Å². The minimum absolute atomic E-state index is 0.631. The van der Waals surface area contributed by atoms with Crippen molar-refractivity contribution in [1.29, 1.82) is 0 Å². The number of benzene rings is 2. The van der Waals surface area contributed by atoms with Crippen LogP contribution in [-0.2, 0) is 6.54 Å². The van der Waals surface area contributed by atoms with E-state index in [2.05, 4.69) is 56.1 Å². The average Bonchev–Trinajstić information content (AvgIpc) is 2.47. The summed E-state index contributed by atoms with van der Waals surface area (Å²) in [6.07, 6.45) is 1.18. The molecule has 106 valence electrons. The molecule has 0 saturated carbocycles. The van der Waals surface area contributed by atoms with E-state index in [1.54, 1.807) is 0 Å². The van der Waals surface area contributed by atoms with Crippen molar-refractivity contribution in [3.63, 3.8) is 0 Å². The second kappa shape index (κ2) is 6.47. The Kier molecular flexibility index (Phi) is 4.67. The molecule has 0 aliphatic rings. The molecule has 0 saturated heterocycles. The van der Waals surface area contributed by atoms with Crippen LogP contribution in [-0.4, -0.2) is 7.05 Å². The molecule has 0 fully saturated rings. The molecule has 2 aromatic carbocycles. The zero-order valence-corrected chi connectivity index (χ0v) is 12.6. The monoisotopic (exact) mass is 268 g/mol. The molecule has 0 bridgehead atoms. The molecule has 20 heavy (non-hydrogen) atoms. The maximum Gasteiger partial charge on any atom is 0.0600 e. The topological polar surface area (TPSA) is 29.3 Å². The fraction of sp³-hybridized carbons (Fsp3) is 0.333. The fourth-order valence-corrected chi connectivity index (χ4v) is 2.38. The smallest absolute Gasteiger partial charge is 0.0600 e. The van der Waals surface area contributed by atoms with Crippen LogP contribution in [0.15, 0.2) is 48.5 Å². The van der Waals surface area contributed by atoms with Gasteiger partial charge < -0.3 is 10.6 Å². The molecular weight excluding hydrogens is 244 g/mol. The number of nitrogen functional groups attached to an aromatic ring is 1. The van der Waals surface area contributed by atoms with Crippen LogP contribution in [0.3, 0.4) is 0 Å². The summed E-state index contributed by atoms with van der Waals surface area (Å²) < 4.78 is 0. The zero-order valence-electron chi connectivity index (χ0n) is 12.6. The van der Waals surface area contributed by atoms with Crippen LogP contribution in [0.25, 0.3) is 0 Å². The molecule has 2 rings (SSSR count). The highest BCUT2D eigenvalue weighted by molar-refractivity contribution is 5.66. The van der Waals surface area contributed by atoms with Crippen molar-refractivity contribution < 1.29 is 0 Å². The molecule has 0 spiro atoms. The van der Waals surface area contributed by atoms with Crippen LogP contribution in [0.5, 0.6) is 0 Å². The standard InChI is InChI=1S/C18H24N2/c1-4-14(2)16-11-9-15(10-12-16)13-20(3)18-8-6-5-7-17(18)19/h5-12,14H,4,13,19H2,1-3H3. The highest BCUT2D eigenvalue weighted by atomic mass is 15.1. The molecule has 2 aromatic rings. The summed E-state index contributed by atoms with van der Waals surface area (Å²) >= 11 is 0. The van der Waals surface area contributed by atoms with Crippen LogP contribution >= 0.6 is 0 Å². The van der Waals surface area contributed by atoms with Crippen molar-refractivity contribution >= 4 is 11.4 Å². The largest absolute Gasteiger partial charge is 0.397 e. The third-order valence-corrected chi connectivity index (χ3v) is 3.93. The molecule has 0 aliphatic heterocycles. The number of nitrogens with two attached hydrogens (primary N) is 1. The number of nitrogens with zero attached hydrogens (tertiary/aromatic N) is 1. The maximum absolute atomic E-state index is 6.02. The summed E-state index contributed by atoms with van der Waals surface area (Å²) in [5.74, 6) is 0.631. The Balaban J connectivity index is 2.08. The first-order valence-electron chi connectivity index (χ1n) is 7.26. The van der Waals surface area contributed by atoms with Gasteiger partial charge in [-0.15, -0.1) is 0 Å². The minimum atomic E-state index is 0.631. The van der Waals surface area contributed by atoms with Gasteiger partial charge in [0.15, 0.2) is 0 Å². The van der Waals surface area contributed by atoms with E-state index < -0.39 is 0 Å². The molecule has 0 amide bonds. The summed E-state index contributed by atoms with van der Waals surface area (Å²) in [5, 5.41) is 0. The summed E-state index contributed by atoms with van der Waals surface area (Å²) in [4.78, 5) is 2.19. The van der Waals surface area contributed by atoms with Gasteiger partial charge in [-0.25, -0.2) is 0 Å². The summed E-state index contributed by atoms with van der Waals surface area (Å²) in [6, 6.07) is 16.9. The van der Waals surface area contributed by atoms with Gasteiger partial charge in [-0.3, -0.25) is 0 Å². The lowest BCUT2D eigenvalue weighted by Gasteiger charge is -2.21. The van der Waals surface area contributed by atoms with Gasteiger partial charge in [-0.1, -0.05) is 50.2 Å². The van der Waals surface area contributed by atoms with E-state index in [4.69, 9.17) is 5.73 Å². The second-order valence-corrected chi connectivity index (χ2v) is 5.47. The van der Waals surface area contributed by atoms with Gasteiger partial charge in [-0.05, 0) is 35.6 Å². The van der Waals surface area contributed by atoms with E-state index in [0.29, 0.717) is 5.92 Å². The van der Waals surface area contributed by atoms with Gasteiger partial charge in [0.05, 0.1) is 11.4 Å². The van der Waals surface area contributed by atoms with Crippen molar-refractivity contribution in [3.05, 3.63) is 59.7 Å². The van der Waals surface area contributed by atoms with E-state index in [9.17, 15) is 0 Å². The summed E-state index contributed by atoms with van der Waals surface area (Å²) in [6.45, 7) is 5.37. The average molecular weight is 268 g/mol. The predicted octanol–water partition coefficient (Wildman–Crippen LogP) is 4.42. The Bertz CT molecular complexity index is 546. The van der Waals surface area contributed by atoms with Crippen molar-refractivity contribution in [2.24, 2.45) is 0 Å². The van der Waals surface area contributed by atoms with Gasteiger partial charge in [0, 0.05) is 13.6 Å². The third kappa shape index (κ3) is 3.32. The summed E-state index contributed by atoms with van der Waals surface area (Å²) in [5.41, 5.74) is 10.6. The Morgan fingerprint density at radius 3 is 2.30 bits per heavy atom. The molecule has 1 unspecified atom stereocenters. The molecule has 1 atom stereocenters. The van der Waals surface area contributed by atoms with Gasteiger partial charge in [0.25, 0.3) is 0 Å². The van der Waals surface area contributed by atoms with Crippen LogP contribution < -0.4 is 10.6 Å². The zero-order chi connectivity index (χ0) is 14.5. The summed E-state index contributed by atoms with van der Waals surface area (Å²) in [7, 11) is 2.08. The maximum atomic E-state index is 6.02. The lowest BCUT2D eigenvalue weighted by molar-refractivity contribution is 0.733. The van der Waals surface area contributed by atoms with Gasteiger partial charge in [0.1, 0.15) is 0 Å². The van der Waals surface area contributed by atoms with E-state index >= 15 is 0 Å². The fourth-order valence-electron chi connectivity index (χ4n) is 2.38. The SMILES string of the molecule is CCC(C)c1ccc(CN(C)c2ccccc2N)cc1. The van der Waals surface area contributed by atoms with Crippen LogP contribution in [0.2, 0.25) is 0 Å². The van der Waals surface area contributed by atoms with E-state index in [1.807, 2.05) is 18.2 Å². The number of rotatable bonds is 5. The Hall–Kier alpha value is -1.96. The number of para-hydroxylation sites is 2. The van der Waals surface area contributed by atoms with Crippen LogP contribution in [0.1, 0.15) is 37.3 Å². The first-order chi connectivity index (χ1) is 9.61. The molecule has 0 aromatic heterocycles. The molecule has 0 heterocycles. The number of anilines is 2. The number of hydrogen-bond donors (Lipinski definition) is 1. The first kappa shape index (κ1) is 14.4. The van der Waals surface area contributed by atoms with Gasteiger partial charge >= 0.3 is 0 Å². The van der Waals surface area contributed by atoms with E-state index in [1.165, 1.54) is 17.5 Å². The van der Waals surface area contributed by atoms with E-state index in [0.717, 1.165) is 17.9 Å². The normalized spacial score (nSPS) is 12.2. The molecule has 0 radical (unpaired) electrons. The van der Waals surface area contributed by atoms with Crippen molar-refractivity contribution in [2.75, 3.05) is 17.7 Å². The molecule has 2 nitrogen and oxygen atoms in total. The highest BCUT2D eigenvalue weighted by Gasteiger charge is 2.06. The van der Waals surface area contributed by atoms with Gasteiger partial charge in [-0.2, -0.15) is 0 Å². The Morgan fingerprint density at radius 2 is 1.70 bits per heavy atom. The minimum Gasteiger partial charge on any atom is -0.397 e. The quantitative estimate of drug-likeness (QED) is 0.813. The van der Waals surface area contributed by atoms with Crippen molar-refractivity contribution in [1.82, 2.24) is 0 Å². The van der Waals surface area contributed by atoms with Crippen molar-refractivity contribution in [2.45, 2.75) is 32.7 Å². The molecule has 2 heteroatoms. The van der Waals surface area contributed by atoms with Crippen molar-refractivity contribution in [3.8, 4) is 0 Å². The van der Waals surface area contributed by atoms with Crippen LogP contribution in [0, 0.1) is 0 Å². The first-order valence-corrected chi connectivity index (χ1v) is 7.26.